The van der Waals surface area contributed by atoms with E-state index in [2.05, 4.69) is 11.0 Å². The predicted molar refractivity (Wildman–Crippen MR) is 156 cm³/mol. The molecule has 1 aromatic carbocycles. The zero-order chi connectivity index (χ0) is 28.9. The average molecular weight is 592 g/mol. The number of nitrogens with one attached hydrogen (secondary N) is 1. The molecule has 0 atom stereocenters. The molecule has 0 saturated carbocycles. The highest BCUT2D eigenvalue weighted by atomic mass is 32.2. The van der Waals surface area contributed by atoms with Crippen LogP contribution in [-0.2, 0) is 19.4 Å². The highest BCUT2D eigenvalue weighted by molar-refractivity contribution is 7.93. The fraction of sp³-hybridized carbons (Fsp3) is 0.517. The van der Waals surface area contributed by atoms with Gasteiger partial charge < -0.3 is 14.5 Å². The number of thiophene rings is 1. The number of rotatable bonds is 10. The lowest BCUT2D eigenvalue weighted by Gasteiger charge is -2.39. The number of sulfone groups is 1. The zero-order valence-electron chi connectivity index (χ0n) is 23.3. The second-order valence-electron chi connectivity index (χ2n) is 10.8. The van der Waals surface area contributed by atoms with Crippen LogP contribution in [-0.4, -0.2) is 76.2 Å². The third-order valence-electron chi connectivity index (χ3n) is 7.97. The second kappa shape index (κ2) is 12.9. The minimum absolute atomic E-state index is 0.000112. The largest absolute Gasteiger partial charge is 0.383 e. The Morgan fingerprint density at radius 1 is 1.07 bits per heavy atom. The molecule has 0 aliphatic carbocycles. The molecule has 2 aromatic rings. The molecule has 0 bridgehead atoms. The molecular weight excluding hydrogens is 553 g/mol. The van der Waals surface area contributed by atoms with Crippen LogP contribution >= 0.6 is 11.3 Å². The van der Waals surface area contributed by atoms with Gasteiger partial charge in [0.15, 0.2) is 20.4 Å². The van der Waals surface area contributed by atoms with Gasteiger partial charge in [-0.05, 0) is 82.0 Å². The van der Waals surface area contributed by atoms with Crippen LogP contribution in [0.25, 0.3) is 6.08 Å². The van der Waals surface area contributed by atoms with Gasteiger partial charge in [-0.25, -0.2) is 8.42 Å². The van der Waals surface area contributed by atoms with Gasteiger partial charge in [-0.15, -0.1) is 15.8 Å². The number of ketones is 1. The molecule has 2 fully saturated rings. The molecule has 1 aromatic heterocycles. The van der Waals surface area contributed by atoms with E-state index in [-0.39, 0.29) is 29.4 Å². The molecular formula is C29H38FN3O5S2. The molecule has 3 heterocycles. The Hall–Kier alpha value is -2.60. The number of hydrogen-bond donors (Lipinski definition) is 1. The monoisotopic (exact) mass is 591 g/mol. The van der Waals surface area contributed by atoms with E-state index >= 15 is 0 Å². The van der Waals surface area contributed by atoms with E-state index in [0.29, 0.717) is 52.2 Å². The molecule has 0 unspecified atom stereocenters. The maximum Gasteiger partial charge on any atom is 0.269 e. The number of anilines is 1. The van der Waals surface area contributed by atoms with Crippen molar-refractivity contribution in [3.63, 3.8) is 0 Å². The fourth-order valence-electron chi connectivity index (χ4n) is 5.57. The van der Waals surface area contributed by atoms with Crippen molar-refractivity contribution in [3.05, 3.63) is 51.7 Å². The van der Waals surface area contributed by atoms with E-state index in [1.54, 1.807) is 19.2 Å². The Morgan fingerprint density at radius 3 is 2.30 bits per heavy atom. The Balaban J connectivity index is 1.42. The van der Waals surface area contributed by atoms with Gasteiger partial charge in [-0.3, -0.25) is 9.59 Å². The third-order valence-corrected chi connectivity index (χ3v) is 11.5. The summed E-state index contributed by atoms with van der Waals surface area (Å²) in [5.74, 6) is -0.972. The number of methoxy groups -OCH3 is 1. The molecule has 1 amide bonds. The Labute approximate surface area is 240 Å². The minimum Gasteiger partial charge on any atom is -0.383 e. The van der Waals surface area contributed by atoms with Crippen molar-refractivity contribution in [2.75, 3.05) is 51.3 Å². The lowest BCUT2D eigenvalue weighted by Crippen LogP contribution is -2.57. The smallest absolute Gasteiger partial charge is 0.269 e. The molecule has 218 valence electrons. The quantitative estimate of drug-likeness (QED) is 0.321. The van der Waals surface area contributed by atoms with E-state index < -0.39 is 20.5 Å². The summed E-state index contributed by atoms with van der Waals surface area (Å²) in [6.07, 6.45) is 3.50. The summed E-state index contributed by atoms with van der Waals surface area (Å²) in [6.45, 7) is 7.24. The van der Waals surface area contributed by atoms with Crippen molar-refractivity contribution in [1.82, 2.24) is 10.4 Å². The molecule has 8 nitrogen and oxygen atoms in total. The van der Waals surface area contributed by atoms with Crippen molar-refractivity contribution in [3.8, 4) is 0 Å². The van der Waals surface area contributed by atoms with Crippen LogP contribution in [0.15, 0.2) is 46.9 Å². The van der Waals surface area contributed by atoms with Gasteiger partial charge in [-0.2, -0.15) is 5.54 Å². The van der Waals surface area contributed by atoms with Crippen LogP contribution in [0.3, 0.4) is 0 Å². The first-order valence-corrected chi connectivity index (χ1v) is 15.9. The average Bonchev–Trinajstić information content (AvgIpc) is 3.43. The van der Waals surface area contributed by atoms with Gasteiger partial charge >= 0.3 is 0 Å². The minimum atomic E-state index is -4.16. The summed E-state index contributed by atoms with van der Waals surface area (Å²) in [4.78, 5) is 31.7. The number of halogens is 1. The SMILES string of the molecule is COCCN1CCC(C(=O)NF)(S(=O)(=O)c2ccc(N3CCC(C(=O)c4ccc(C=C(C)C)s4)CC3)cc2)CC1. The fourth-order valence-corrected chi connectivity index (χ4v) is 8.61. The normalized spacial score (nSPS) is 18.4. The first kappa shape index (κ1) is 30.4. The van der Waals surface area contributed by atoms with Crippen LogP contribution in [0.5, 0.6) is 0 Å². The van der Waals surface area contributed by atoms with Gasteiger partial charge in [0.1, 0.15) is 0 Å². The molecule has 0 radical (unpaired) electrons. The molecule has 11 heteroatoms. The number of likely N-dealkylation sites (tertiary alicyclic amines) is 1. The first-order chi connectivity index (χ1) is 19.1. The summed E-state index contributed by atoms with van der Waals surface area (Å²) in [7, 11) is -2.57. The predicted octanol–water partition coefficient (Wildman–Crippen LogP) is 4.53. The number of piperidine rings is 2. The van der Waals surface area contributed by atoms with Gasteiger partial charge in [0.2, 0.25) is 0 Å². The van der Waals surface area contributed by atoms with E-state index in [9.17, 15) is 22.5 Å². The van der Waals surface area contributed by atoms with Crippen molar-refractivity contribution >= 4 is 44.6 Å². The number of hydrogen-bond acceptors (Lipinski definition) is 8. The maximum absolute atomic E-state index is 13.7. The number of benzene rings is 1. The van der Waals surface area contributed by atoms with Crippen LogP contribution < -0.4 is 10.4 Å². The van der Waals surface area contributed by atoms with Gasteiger partial charge in [-0.1, -0.05) is 5.57 Å². The van der Waals surface area contributed by atoms with Crippen LogP contribution in [0.1, 0.15) is 54.1 Å². The number of ether oxygens (including phenoxy) is 1. The lowest BCUT2D eigenvalue weighted by molar-refractivity contribution is -0.129. The standard InChI is InChI=1S/C29H38FN3O5S2/c1-21(2)20-24-6-9-26(39-24)27(34)22-10-14-33(15-11-22)23-4-7-25(8-5-23)40(36,37)29(28(35)31-30)12-16-32(17-13-29)18-19-38-3/h4-9,20,22H,10-19H2,1-3H3,(H,31,35). The van der Waals surface area contributed by atoms with E-state index in [0.717, 1.165) is 21.0 Å². The number of amides is 1. The molecule has 4 rings (SSSR count). The number of nitrogens with zero attached hydrogens (tertiary/aromatic N) is 2. The molecule has 0 spiro atoms. The molecule has 2 aliphatic rings. The van der Waals surface area contributed by atoms with E-state index in [1.165, 1.54) is 29.0 Å². The van der Waals surface area contributed by atoms with Crippen LogP contribution in [0.2, 0.25) is 0 Å². The van der Waals surface area contributed by atoms with Gasteiger partial charge in [0.25, 0.3) is 5.91 Å². The van der Waals surface area contributed by atoms with Gasteiger partial charge in [0, 0.05) is 56.3 Å². The zero-order valence-corrected chi connectivity index (χ0v) is 25.0. The summed E-state index contributed by atoms with van der Waals surface area (Å²) in [5.41, 5.74) is 3.15. The summed E-state index contributed by atoms with van der Waals surface area (Å²) < 4.78 is 44.0. The van der Waals surface area contributed by atoms with Crippen molar-refractivity contribution in [2.45, 2.75) is 49.2 Å². The number of Topliss-reactive ketones (excluding diaryl/α,β-unsaturated/α-hetero) is 1. The highest BCUT2D eigenvalue weighted by Crippen LogP contribution is 2.37. The summed E-state index contributed by atoms with van der Waals surface area (Å²) in [5, 5.41) is 0. The highest BCUT2D eigenvalue weighted by Gasteiger charge is 2.53. The van der Waals surface area contributed by atoms with Crippen LogP contribution in [0.4, 0.5) is 10.2 Å². The van der Waals surface area contributed by atoms with Crippen LogP contribution in [0, 0.1) is 5.92 Å². The molecule has 1 N–H and O–H groups in total. The summed E-state index contributed by atoms with van der Waals surface area (Å²) in [6, 6.07) is 10.4. The molecule has 2 aliphatic heterocycles. The number of carbonyl (C=O) groups excluding carboxylic acids is 2. The van der Waals surface area contributed by atoms with E-state index in [1.807, 2.05) is 30.9 Å². The Bertz CT molecular complexity index is 1320. The molecule has 2 saturated heterocycles. The van der Waals surface area contributed by atoms with E-state index in [4.69, 9.17) is 4.74 Å². The Morgan fingerprint density at radius 2 is 1.73 bits per heavy atom. The first-order valence-electron chi connectivity index (χ1n) is 13.6. The van der Waals surface area contributed by atoms with Crippen molar-refractivity contribution < 1.29 is 27.2 Å². The van der Waals surface area contributed by atoms with Gasteiger partial charge in [0.05, 0.1) is 16.4 Å². The third kappa shape index (κ3) is 6.32. The molecule has 40 heavy (non-hydrogen) atoms. The second-order valence-corrected chi connectivity index (χ2v) is 14.2. The number of allylic oxidation sites excluding steroid dienone is 1. The topological polar surface area (TPSA) is 96.0 Å². The Kier molecular flexibility index (Phi) is 9.81. The summed E-state index contributed by atoms with van der Waals surface area (Å²) >= 11 is 1.53. The lowest BCUT2D eigenvalue weighted by atomic mass is 9.91. The van der Waals surface area contributed by atoms with Crippen molar-refractivity contribution in [2.24, 2.45) is 5.92 Å². The number of carbonyl (C=O) groups is 2. The van der Waals surface area contributed by atoms with Crippen molar-refractivity contribution in [1.29, 1.82) is 0 Å². The maximum atomic E-state index is 13.7.